The van der Waals surface area contributed by atoms with E-state index >= 15 is 0 Å². The lowest BCUT2D eigenvalue weighted by molar-refractivity contribution is 0.288. The monoisotopic (exact) mass is 374 g/mol. The number of nitrogens with zero attached hydrogens (tertiary/aromatic N) is 4. The Kier molecular flexibility index (Phi) is 4.69. The smallest absolute Gasteiger partial charge is 0.333 e. The van der Waals surface area contributed by atoms with Crippen molar-refractivity contribution < 1.29 is 14.6 Å². The third-order valence-corrected chi connectivity index (χ3v) is 4.83. The molecule has 2 heterocycles. The van der Waals surface area contributed by atoms with E-state index in [4.69, 9.17) is 9.47 Å². The van der Waals surface area contributed by atoms with Crippen LogP contribution in [0.5, 0.6) is 17.4 Å². The van der Waals surface area contributed by atoms with E-state index in [1.54, 1.807) is 26.3 Å². The maximum atomic E-state index is 12.5. The van der Waals surface area contributed by atoms with E-state index in [1.165, 1.54) is 14.1 Å². The first-order chi connectivity index (χ1) is 12.8. The van der Waals surface area contributed by atoms with Crippen molar-refractivity contribution in [3.05, 3.63) is 50.2 Å². The van der Waals surface area contributed by atoms with Crippen LogP contribution in [0.2, 0.25) is 0 Å². The van der Waals surface area contributed by atoms with Crippen LogP contribution in [0.4, 0.5) is 0 Å². The summed E-state index contributed by atoms with van der Waals surface area (Å²) in [5, 5.41) is 16.5. The lowest BCUT2D eigenvalue weighted by Crippen LogP contribution is -2.39. The zero-order chi connectivity index (χ0) is 19.9. The minimum absolute atomic E-state index is 0.0365. The van der Waals surface area contributed by atoms with Gasteiger partial charge in [-0.05, 0) is 17.7 Å². The van der Waals surface area contributed by atoms with E-state index in [0.29, 0.717) is 23.6 Å². The van der Waals surface area contributed by atoms with Crippen molar-refractivity contribution in [1.29, 1.82) is 0 Å². The highest BCUT2D eigenvalue weighted by Crippen LogP contribution is 2.36. The summed E-state index contributed by atoms with van der Waals surface area (Å²) in [6, 6.07) is 5.42. The SMILES string of the molecule is COc1ccc([C@@H]2CC(c3c(O)n(C)c(=O)n(C)c3=O)=NN2C)cc1OC. The minimum atomic E-state index is -0.593. The van der Waals surface area contributed by atoms with Crippen LogP contribution in [0, 0.1) is 0 Å². The molecule has 1 aromatic carbocycles. The molecule has 2 aromatic rings. The molecular weight excluding hydrogens is 352 g/mol. The summed E-state index contributed by atoms with van der Waals surface area (Å²) < 4.78 is 12.6. The highest BCUT2D eigenvalue weighted by molar-refractivity contribution is 6.03. The van der Waals surface area contributed by atoms with Gasteiger partial charge in [-0.15, -0.1) is 0 Å². The lowest BCUT2D eigenvalue weighted by Gasteiger charge is -2.20. The Morgan fingerprint density at radius 1 is 1.07 bits per heavy atom. The average molecular weight is 374 g/mol. The Hall–Kier alpha value is -3.23. The van der Waals surface area contributed by atoms with Gasteiger partial charge in [-0.1, -0.05) is 6.07 Å². The molecule has 9 nitrogen and oxygen atoms in total. The first-order valence-corrected chi connectivity index (χ1v) is 8.31. The summed E-state index contributed by atoms with van der Waals surface area (Å²) in [6.45, 7) is 0. The van der Waals surface area contributed by atoms with Crippen molar-refractivity contribution in [3.8, 4) is 17.4 Å². The molecule has 27 heavy (non-hydrogen) atoms. The molecule has 0 saturated heterocycles. The van der Waals surface area contributed by atoms with E-state index in [0.717, 1.165) is 14.7 Å². The fraction of sp³-hybridized carbons (Fsp3) is 0.389. The predicted octanol–water partition coefficient (Wildman–Crippen LogP) is 0.588. The Bertz CT molecular complexity index is 1040. The van der Waals surface area contributed by atoms with Gasteiger partial charge in [0.1, 0.15) is 5.56 Å². The summed E-state index contributed by atoms with van der Waals surface area (Å²) in [4.78, 5) is 24.5. The van der Waals surface area contributed by atoms with Crippen LogP contribution in [0.25, 0.3) is 0 Å². The fourth-order valence-corrected chi connectivity index (χ4v) is 3.25. The van der Waals surface area contributed by atoms with Crippen LogP contribution < -0.4 is 20.7 Å². The molecule has 1 aliphatic heterocycles. The molecule has 0 fully saturated rings. The van der Waals surface area contributed by atoms with Gasteiger partial charge in [-0.25, -0.2) is 4.79 Å². The fourth-order valence-electron chi connectivity index (χ4n) is 3.25. The van der Waals surface area contributed by atoms with E-state index in [2.05, 4.69) is 5.10 Å². The van der Waals surface area contributed by atoms with Gasteiger partial charge in [0.2, 0.25) is 5.88 Å². The number of aromatic hydroxyl groups is 1. The van der Waals surface area contributed by atoms with Crippen molar-refractivity contribution in [2.45, 2.75) is 12.5 Å². The van der Waals surface area contributed by atoms with E-state index in [-0.39, 0.29) is 17.5 Å². The highest BCUT2D eigenvalue weighted by Gasteiger charge is 2.31. The summed E-state index contributed by atoms with van der Waals surface area (Å²) in [6.07, 6.45) is 0.396. The largest absolute Gasteiger partial charge is 0.494 e. The second-order valence-electron chi connectivity index (χ2n) is 6.36. The summed E-state index contributed by atoms with van der Waals surface area (Å²) in [7, 11) is 7.70. The Morgan fingerprint density at radius 2 is 1.74 bits per heavy atom. The molecule has 1 aromatic heterocycles. The van der Waals surface area contributed by atoms with E-state index in [1.807, 2.05) is 18.2 Å². The molecule has 1 aliphatic rings. The summed E-state index contributed by atoms with van der Waals surface area (Å²) >= 11 is 0. The molecule has 0 radical (unpaired) electrons. The van der Waals surface area contributed by atoms with Crippen molar-refractivity contribution in [2.75, 3.05) is 21.3 Å². The maximum absolute atomic E-state index is 12.5. The highest BCUT2D eigenvalue weighted by atomic mass is 16.5. The van der Waals surface area contributed by atoms with Crippen LogP contribution in [0.1, 0.15) is 23.6 Å². The number of ether oxygens (including phenoxy) is 2. The van der Waals surface area contributed by atoms with E-state index in [9.17, 15) is 14.7 Å². The van der Waals surface area contributed by atoms with Gasteiger partial charge in [-0.2, -0.15) is 5.10 Å². The van der Waals surface area contributed by atoms with Crippen molar-refractivity contribution in [2.24, 2.45) is 19.2 Å². The predicted molar refractivity (Wildman–Crippen MR) is 99.8 cm³/mol. The molecular formula is C18H22N4O5. The number of methoxy groups -OCH3 is 2. The Labute approximate surface area is 155 Å². The van der Waals surface area contributed by atoms with Gasteiger partial charge < -0.3 is 14.6 Å². The molecule has 0 aliphatic carbocycles. The number of hydrazone groups is 1. The molecule has 0 unspecified atom stereocenters. The van der Waals surface area contributed by atoms with Crippen LogP contribution in [0.15, 0.2) is 32.9 Å². The lowest BCUT2D eigenvalue weighted by atomic mass is 9.99. The zero-order valence-corrected chi connectivity index (χ0v) is 15.9. The normalized spacial score (nSPS) is 16.4. The minimum Gasteiger partial charge on any atom is -0.494 e. The van der Waals surface area contributed by atoms with Gasteiger partial charge in [0.15, 0.2) is 11.5 Å². The van der Waals surface area contributed by atoms with Crippen molar-refractivity contribution in [1.82, 2.24) is 14.1 Å². The van der Waals surface area contributed by atoms with Gasteiger partial charge in [0.05, 0.1) is 26.0 Å². The molecule has 3 rings (SSSR count). The number of hydrogen-bond acceptors (Lipinski definition) is 7. The molecule has 0 saturated carbocycles. The van der Waals surface area contributed by atoms with Gasteiger partial charge in [0, 0.05) is 27.6 Å². The molecule has 9 heteroatoms. The first-order valence-electron chi connectivity index (χ1n) is 8.31. The van der Waals surface area contributed by atoms with E-state index < -0.39 is 11.2 Å². The molecule has 0 spiro atoms. The van der Waals surface area contributed by atoms with Crippen LogP contribution in [-0.4, -0.2) is 46.2 Å². The molecule has 1 N–H and O–H groups in total. The summed E-state index contributed by atoms with van der Waals surface area (Å²) in [5.41, 5.74) is 0.218. The third-order valence-electron chi connectivity index (χ3n) is 4.83. The Morgan fingerprint density at radius 3 is 2.37 bits per heavy atom. The van der Waals surface area contributed by atoms with Crippen LogP contribution in [-0.2, 0) is 14.1 Å². The second-order valence-corrected chi connectivity index (χ2v) is 6.36. The Balaban J connectivity index is 2.02. The zero-order valence-electron chi connectivity index (χ0n) is 15.9. The second kappa shape index (κ2) is 6.82. The van der Waals surface area contributed by atoms with Crippen LogP contribution >= 0.6 is 0 Å². The van der Waals surface area contributed by atoms with Crippen molar-refractivity contribution >= 4 is 5.71 Å². The first kappa shape index (κ1) is 18.6. The van der Waals surface area contributed by atoms with Gasteiger partial charge in [-0.3, -0.25) is 18.9 Å². The average Bonchev–Trinajstić information content (AvgIpc) is 3.05. The van der Waals surface area contributed by atoms with Crippen LogP contribution in [0.3, 0.4) is 0 Å². The van der Waals surface area contributed by atoms with Gasteiger partial charge >= 0.3 is 5.69 Å². The molecule has 0 amide bonds. The molecule has 1 atom stereocenters. The van der Waals surface area contributed by atoms with Gasteiger partial charge in [0.25, 0.3) is 5.56 Å². The number of benzene rings is 1. The third kappa shape index (κ3) is 2.94. The topological polar surface area (TPSA) is 98.3 Å². The molecule has 144 valence electrons. The van der Waals surface area contributed by atoms with Crippen molar-refractivity contribution in [3.63, 3.8) is 0 Å². The maximum Gasteiger partial charge on any atom is 0.333 e. The standard InChI is InChI=1S/C18H22N4O5/c1-20-16(23)15(17(24)21(2)18(20)25)11-9-12(22(3)19-11)10-6-7-13(26-4)14(8-10)27-5/h6-8,12,23H,9H2,1-5H3/t12-/m0/s1. The summed E-state index contributed by atoms with van der Waals surface area (Å²) in [5.74, 6) is 0.827. The number of rotatable bonds is 4. The quantitative estimate of drug-likeness (QED) is 0.841. The number of hydrogen-bond donors (Lipinski definition) is 1. The number of aromatic nitrogens is 2. The molecule has 0 bridgehead atoms.